The fourth-order valence-electron chi connectivity index (χ4n) is 2.25. The number of aromatic nitrogens is 2. The second-order valence-corrected chi connectivity index (χ2v) is 5.79. The molecular weight excluding hydrogens is 256 g/mol. The molecule has 2 aromatic rings. The molecule has 0 unspecified atom stereocenters. The van der Waals surface area contributed by atoms with Gasteiger partial charge in [-0.3, -0.25) is 0 Å². The molecule has 0 radical (unpaired) electrons. The number of nitrogen functional groups attached to an aromatic ring is 1. The van der Waals surface area contributed by atoms with Gasteiger partial charge in [-0.15, -0.1) is 11.3 Å². The van der Waals surface area contributed by atoms with Crippen molar-refractivity contribution in [3.8, 4) is 0 Å². The molecule has 104 valence electrons. The maximum atomic E-state index is 5.86. The molecular formula is C14H22N4S. The van der Waals surface area contributed by atoms with Crippen LogP contribution in [-0.4, -0.2) is 23.1 Å². The molecule has 5 heteroatoms. The molecule has 0 saturated heterocycles. The van der Waals surface area contributed by atoms with Crippen molar-refractivity contribution in [1.29, 1.82) is 0 Å². The van der Waals surface area contributed by atoms with E-state index in [1.165, 1.54) is 4.88 Å². The van der Waals surface area contributed by atoms with Crippen molar-refractivity contribution < 1.29 is 0 Å². The first kappa shape index (κ1) is 14.1. The van der Waals surface area contributed by atoms with Crippen molar-refractivity contribution in [2.24, 2.45) is 0 Å². The van der Waals surface area contributed by atoms with Gasteiger partial charge in [-0.05, 0) is 25.3 Å². The van der Waals surface area contributed by atoms with Gasteiger partial charge in [0.1, 0.15) is 10.6 Å². The largest absolute Gasteiger partial charge is 0.368 e. The molecule has 0 amide bonds. The number of anilines is 2. The summed E-state index contributed by atoms with van der Waals surface area (Å²) in [6.07, 6.45) is 3.24. The number of aryl methyl sites for hydroxylation is 1. The summed E-state index contributed by atoms with van der Waals surface area (Å²) >= 11 is 1.72. The first-order valence-corrected chi connectivity index (χ1v) is 7.82. The average molecular weight is 278 g/mol. The Bertz CT molecular complexity index is 544. The van der Waals surface area contributed by atoms with Crippen molar-refractivity contribution >= 4 is 33.3 Å². The van der Waals surface area contributed by atoms with Crippen molar-refractivity contribution in [3.63, 3.8) is 0 Å². The molecule has 0 aliphatic carbocycles. The van der Waals surface area contributed by atoms with Crippen LogP contribution in [0.1, 0.15) is 38.5 Å². The zero-order valence-electron chi connectivity index (χ0n) is 11.9. The van der Waals surface area contributed by atoms with Crippen molar-refractivity contribution in [1.82, 2.24) is 9.97 Å². The van der Waals surface area contributed by atoms with Gasteiger partial charge in [-0.1, -0.05) is 20.8 Å². The third-order valence-electron chi connectivity index (χ3n) is 3.08. The lowest BCUT2D eigenvalue weighted by atomic mass is 10.2. The van der Waals surface area contributed by atoms with E-state index < -0.39 is 0 Å². The van der Waals surface area contributed by atoms with Crippen molar-refractivity contribution in [2.75, 3.05) is 23.7 Å². The van der Waals surface area contributed by atoms with E-state index >= 15 is 0 Å². The lowest BCUT2D eigenvalue weighted by molar-refractivity contribution is 0.737. The molecule has 4 nitrogen and oxygen atoms in total. The summed E-state index contributed by atoms with van der Waals surface area (Å²) in [5.41, 5.74) is 5.86. The Balaban J connectivity index is 2.52. The molecule has 0 aliphatic heterocycles. The highest BCUT2D eigenvalue weighted by molar-refractivity contribution is 7.18. The van der Waals surface area contributed by atoms with Crippen LogP contribution in [0.25, 0.3) is 10.2 Å². The van der Waals surface area contributed by atoms with Crippen LogP contribution >= 0.6 is 11.3 Å². The topological polar surface area (TPSA) is 55.0 Å². The van der Waals surface area contributed by atoms with Crippen molar-refractivity contribution in [3.05, 3.63) is 10.9 Å². The summed E-state index contributed by atoms with van der Waals surface area (Å²) in [5, 5.41) is 1.15. The van der Waals surface area contributed by atoms with Gasteiger partial charge in [0.25, 0.3) is 0 Å². The van der Waals surface area contributed by atoms with E-state index in [2.05, 4.69) is 41.7 Å². The second kappa shape index (κ2) is 6.19. The van der Waals surface area contributed by atoms with E-state index in [1.54, 1.807) is 11.3 Å². The standard InChI is InChI=1S/C14H22N4S/c1-4-7-18(8-5-2)12-11-9-10(6-3)19-13(11)17-14(15)16-12/h9H,4-8H2,1-3H3,(H2,15,16,17). The average Bonchev–Trinajstić information content (AvgIpc) is 2.80. The summed E-state index contributed by atoms with van der Waals surface area (Å²) in [6.45, 7) is 8.56. The Kier molecular flexibility index (Phi) is 4.58. The van der Waals surface area contributed by atoms with Crippen molar-refractivity contribution in [2.45, 2.75) is 40.0 Å². The highest BCUT2D eigenvalue weighted by Crippen LogP contribution is 2.32. The van der Waals surface area contributed by atoms with E-state index in [0.717, 1.165) is 48.4 Å². The number of thiophene rings is 1. The molecule has 0 aromatic carbocycles. The first-order valence-electron chi connectivity index (χ1n) is 7.00. The van der Waals surface area contributed by atoms with E-state index in [-0.39, 0.29) is 0 Å². The van der Waals surface area contributed by atoms with Gasteiger partial charge in [-0.25, -0.2) is 4.98 Å². The molecule has 0 bridgehead atoms. The number of nitrogens with zero attached hydrogens (tertiary/aromatic N) is 3. The SMILES string of the molecule is CCCN(CCC)c1nc(N)nc2sc(CC)cc12. The number of hydrogen-bond acceptors (Lipinski definition) is 5. The van der Waals surface area contributed by atoms with Gasteiger partial charge >= 0.3 is 0 Å². The lowest BCUT2D eigenvalue weighted by Crippen LogP contribution is -2.26. The highest BCUT2D eigenvalue weighted by atomic mass is 32.1. The Morgan fingerprint density at radius 1 is 1.16 bits per heavy atom. The highest BCUT2D eigenvalue weighted by Gasteiger charge is 2.15. The number of fused-ring (bicyclic) bond motifs is 1. The number of nitrogens with two attached hydrogens (primary N) is 1. The van der Waals surface area contributed by atoms with Gasteiger partial charge in [-0.2, -0.15) is 4.98 Å². The second-order valence-electron chi connectivity index (χ2n) is 4.68. The molecule has 0 aliphatic rings. The first-order chi connectivity index (χ1) is 9.19. The van der Waals surface area contributed by atoms with Gasteiger partial charge in [0, 0.05) is 18.0 Å². The summed E-state index contributed by atoms with van der Waals surface area (Å²) in [6, 6.07) is 2.22. The predicted molar refractivity (Wildman–Crippen MR) is 84.0 cm³/mol. The molecule has 2 aromatic heterocycles. The Labute approximate surface area is 118 Å². The van der Waals surface area contributed by atoms with E-state index in [9.17, 15) is 0 Å². The maximum absolute atomic E-state index is 5.86. The van der Waals surface area contributed by atoms with Crippen LogP contribution in [0.4, 0.5) is 11.8 Å². The molecule has 0 saturated carbocycles. The summed E-state index contributed by atoms with van der Waals surface area (Å²) < 4.78 is 0. The quantitative estimate of drug-likeness (QED) is 0.879. The number of hydrogen-bond donors (Lipinski definition) is 1. The third kappa shape index (κ3) is 2.97. The van der Waals surface area contributed by atoms with Crippen LogP contribution in [0.15, 0.2) is 6.07 Å². The molecule has 2 rings (SSSR count). The van der Waals surface area contributed by atoms with Crippen LogP contribution < -0.4 is 10.6 Å². The fraction of sp³-hybridized carbons (Fsp3) is 0.571. The zero-order valence-corrected chi connectivity index (χ0v) is 12.8. The molecule has 0 atom stereocenters. The minimum atomic E-state index is 0.379. The fourth-order valence-corrected chi connectivity index (χ4v) is 3.22. The minimum Gasteiger partial charge on any atom is -0.368 e. The zero-order chi connectivity index (χ0) is 13.8. The van der Waals surface area contributed by atoms with Crippen LogP contribution in [0.5, 0.6) is 0 Å². The lowest BCUT2D eigenvalue weighted by Gasteiger charge is -2.23. The summed E-state index contributed by atoms with van der Waals surface area (Å²) in [4.78, 5) is 13.5. The van der Waals surface area contributed by atoms with Crippen LogP contribution in [0, 0.1) is 0 Å². The Morgan fingerprint density at radius 3 is 2.42 bits per heavy atom. The molecule has 0 spiro atoms. The smallest absolute Gasteiger partial charge is 0.223 e. The van der Waals surface area contributed by atoms with Crippen LogP contribution in [0.3, 0.4) is 0 Å². The van der Waals surface area contributed by atoms with Gasteiger partial charge in [0.2, 0.25) is 5.95 Å². The molecule has 19 heavy (non-hydrogen) atoms. The van der Waals surface area contributed by atoms with E-state index in [0.29, 0.717) is 5.95 Å². The summed E-state index contributed by atoms with van der Waals surface area (Å²) in [5.74, 6) is 1.38. The monoisotopic (exact) mass is 278 g/mol. The normalized spacial score (nSPS) is 11.1. The molecule has 2 N–H and O–H groups in total. The predicted octanol–water partition coefficient (Wildman–Crippen LogP) is 3.46. The van der Waals surface area contributed by atoms with Gasteiger partial charge in [0.15, 0.2) is 0 Å². The Hall–Kier alpha value is -1.36. The Morgan fingerprint density at radius 2 is 1.84 bits per heavy atom. The van der Waals surface area contributed by atoms with Gasteiger partial charge < -0.3 is 10.6 Å². The van der Waals surface area contributed by atoms with Crippen LogP contribution in [0.2, 0.25) is 0 Å². The van der Waals surface area contributed by atoms with E-state index in [1.807, 2.05) is 0 Å². The molecule has 2 heterocycles. The number of rotatable bonds is 6. The van der Waals surface area contributed by atoms with Gasteiger partial charge in [0.05, 0.1) is 5.39 Å². The minimum absolute atomic E-state index is 0.379. The molecule has 0 fully saturated rings. The maximum Gasteiger partial charge on any atom is 0.223 e. The van der Waals surface area contributed by atoms with E-state index in [4.69, 9.17) is 5.73 Å². The van der Waals surface area contributed by atoms with Crippen LogP contribution in [-0.2, 0) is 6.42 Å². The summed E-state index contributed by atoms with van der Waals surface area (Å²) in [7, 11) is 0. The third-order valence-corrected chi connectivity index (χ3v) is 4.25.